The molecule has 0 aliphatic carbocycles. The van der Waals surface area contributed by atoms with Gasteiger partial charge in [0.1, 0.15) is 0 Å². The maximum absolute atomic E-state index is 5.26. The summed E-state index contributed by atoms with van der Waals surface area (Å²) in [6.07, 6.45) is 1.92. The molecule has 0 aliphatic heterocycles. The van der Waals surface area contributed by atoms with E-state index in [2.05, 4.69) is 200 Å². The van der Waals surface area contributed by atoms with Gasteiger partial charge in [-0.3, -0.25) is 4.98 Å². The minimum atomic E-state index is 0.866. The lowest BCUT2D eigenvalue weighted by molar-refractivity contribution is 1.31. The topological polar surface area (TPSA) is 25.8 Å². The van der Waals surface area contributed by atoms with E-state index in [1.807, 2.05) is 17.5 Å². The van der Waals surface area contributed by atoms with Crippen LogP contribution in [0, 0.1) is 0 Å². The molecule has 12 aromatic rings. The van der Waals surface area contributed by atoms with Crippen LogP contribution in [0.2, 0.25) is 0 Å². The van der Waals surface area contributed by atoms with Crippen LogP contribution >= 0.6 is 11.3 Å². The van der Waals surface area contributed by atoms with Crippen molar-refractivity contribution in [3.8, 4) is 55.8 Å². The molecule has 0 saturated carbocycles. The summed E-state index contributed by atoms with van der Waals surface area (Å²) >= 11 is 1.91. The third-order valence-electron chi connectivity index (χ3n) is 11.9. The summed E-state index contributed by atoms with van der Waals surface area (Å²) in [6.45, 7) is 0. The quantitative estimate of drug-likeness (QED) is 0.163. The molecule has 0 unspecified atom stereocenters. The Morgan fingerprint density at radius 1 is 0.305 bits per heavy atom. The molecule has 0 fully saturated rings. The fraction of sp³-hybridized carbons (Fsp3) is 0. The van der Waals surface area contributed by atoms with Crippen molar-refractivity contribution in [1.29, 1.82) is 0 Å². The van der Waals surface area contributed by atoms with Crippen molar-refractivity contribution in [3.63, 3.8) is 0 Å². The Morgan fingerprint density at radius 2 is 0.780 bits per heavy atom. The number of hydrogen-bond donors (Lipinski definition) is 0. The fourth-order valence-corrected chi connectivity index (χ4v) is 10.4. The highest BCUT2D eigenvalue weighted by Gasteiger charge is 2.16. The summed E-state index contributed by atoms with van der Waals surface area (Å²) in [4.78, 5) is 10.3. The number of benzene rings is 10. The van der Waals surface area contributed by atoms with Crippen molar-refractivity contribution in [2.75, 3.05) is 0 Å². The second kappa shape index (κ2) is 13.6. The third-order valence-corrected chi connectivity index (χ3v) is 13.2. The van der Waals surface area contributed by atoms with Crippen LogP contribution in [0.3, 0.4) is 0 Å². The number of thiophene rings is 1. The molecule has 0 radical (unpaired) electrons. The normalized spacial score (nSPS) is 11.7. The molecular weight excluding hydrogens is 733 g/mol. The Morgan fingerprint density at radius 3 is 1.51 bits per heavy atom. The SMILES string of the molecule is c1cc(-c2ccc(-c3cccc4c3sc3c(-c5cccc6ccccc56)cccc34)cc2)cc(-c2cccc(-c3cnc4c5ccccc5c5ccccc5c4n3)c2)c1. The molecule has 0 amide bonds. The first-order valence-electron chi connectivity index (χ1n) is 20.1. The van der Waals surface area contributed by atoms with Crippen LogP contribution < -0.4 is 0 Å². The highest BCUT2D eigenvalue weighted by molar-refractivity contribution is 7.26. The van der Waals surface area contributed by atoms with Gasteiger partial charge < -0.3 is 0 Å². The Bertz CT molecular complexity index is 3580. The zero-order valence-electron chi connectivity index (χ0n) is 31.9. The lowest BCUT2D eigenvalue weighted by Gasteiger charge is -2.11. The zero-order chi connectivity index (χ0) is 38.9. The Hall–Kier alpha value is -7.46. The highest BCUT2D eigenvalue weighted by Crippen LogP contribution is 2.45. The van der Waals surface area contributed by atoms with E-state index in [1.54, 1.807) is 0 Å². The smallest absolute Gasteiger partial charge is 0.0979 e. The summed E-state index contributed by atoms with van der Waals surface area (Å²) in [5, 5.41) is 9.82. The van der Waals surface area contributed by atoms with Gasteiger partial charge in [-0.05, 0) is 72.6 Å². The maximum atomic E-state index is 5.26. The van der Waals surface area contributed by atoms with Gasteiger partial charge in [0.2, 0.25) is 0 Å². The molecule has 59 heavy (non-hydrogen) atoms. The number of fused-ring (bicyclic) bond motifs is 10. The van der Waals surface area contributed by atoms with Crippen LogP contribution in [-0.4, -0.2) is 9.97 Å². The molecule has 0 aliphatic rings. The van der Waals surface area contributed by atoms with Crippen LogP contribution in [0.5, 0.6) is 0 Å². The molecule has 2 nitrogen and oxygen atoms in total. The van der Waals surface area contributed by atoms with E-state index in [1.165, 1.54) is 75.1 Å². The van der Waals surface area contributed by atoms with Gasteiger partial charge in [0.15, 0.2) is 0 Å². The van der Waals surface area contributed by atoms with Gasteiger partial charge in [-0.2, -0.15) is 0 Å². The van der Waals surface area contributed by atoms with E-state index < -0.39 is 0 Å². The number of hydrogen-bond acceptors (Lipinski definition) is 3. The third kappa shape index (κ3) is 5.55. The molecular formula is C56H34N2S. The first-order valence-corrected chi connectivity index (χ1v) is 20.9. The van der Waals surface area contributed by atoms with Crippen molar-refractivity contribution >= 4 is 74.9 Å². The average Bonchev–Trinajstić information content (AvgIpc) is 3.71. The number of rotatable bonds is 5. The summed E-state index contributed by atoms with van der Waals surface area (Å²) in [5.74, 6) is 0. The Kier molecular flexibility index (Phi) is 7.75. The Labute approximate surface area is 345 Å². The second-order valence-corrected chi connectivity index (χ2v) is 16.3. The van der Waals surface area contributed by atoms with E-state index in [0.717, 1.165) is 44.2 Å². The van der Waals surface area contributed by atoms with Crippen molar-refractivity contribution in [3.05, 3.63) is 206 Å². The van der Waals surface area contributed by atoms with Crippen LogP contribution in [0.15, 0.2) is 206 Å². The predicted molar refractivity (Wildman–Crippen MR) is 252 cm³/mol. The highest BCUT2D eigenvalue weighted by atomic mass is 32.1. The molecule has 0 N–H and O–H groups in total. The van der Waals surface area contributed by atoms with Crippen molar-refractivity contribution in [2.24, 2.45) is 0 Å². The van der Waals surface area contributed by atoms with Gasteiger partial charge in [-0.15, -0.1) is 11.3 Å². The van der Waals surface area contributed by atoms with E-state index in [9.17, 15) is 0 Å². The zero-order valence-corrected chi connectivity index (χ0v) is 32.7. The largest absolute Gasteiger partial charge is 0.252 e. The van der Waals surface area contributed by atoms with Crippen LogP contribution in [0.1, 0.15) is 0 Å². The molecule has 0 spiro atoms. The van der Waals surface area contributed by atoms with Crippen molar-refractivity contribution in [2.45, 2.75) is 0 Å². The first-order chi connectivity index (χ1) is 29.2. The summed E-state index contributed by atoms with van der Waals surface area (Å²) in [6, 6.07) is 72.4. The molecule has 3 heteroatoms. The van der Waals surface area contributed by atoms with Crippen LogP contribution in [0.25, 0.3) is 119 Å². The molecule has 12 rings (SSSR count). The van der Waals surface area contributed by atoms with Crippen molar-refractivity contribution in [1.82, 2.24) is 9.97 Å². The molecule has 2 aromatic heterocycles. The number of nitrogens with zero attached hydrogens (tertiary/aromatic N) is 2. The average molecular weight is 767 g/mol. The van der Waals surface area contributed by atoms with Gasteiger partial charge in [0.05, 0.1) is 22.9 Å². The molecule has 10 aromatic carbocycles. The van der Waals surface area contributed by atoms with Crippen LogP contribution in [0.4, 0.5) is 0 Å². The van der Waals surface area contributed by atoms with E-state index >= 15 is 0 Å². The number of aromatic nitrogens is 2. The lowest BCUT2D eigenvalue weighted by atomic mass is 9.95. The predicted octanol–water partition coefficient (Wildman–Crippen LogP) is 15.8. The minimum absolute atomic E-state index is 0.866. The summed E-state index contributed by atoms with van der Waals surface area (Å²) < 4.78 is 2.65. The van der Waals surface area contributed by atoms with Gasteiger partial charge >= 0.3 is 0 Å². The second-order valence-electron chi connectivity index (χ2n) is 15.3. The van der Waals surface area contributed by atoms with Gasteiger partial charge in [-0.25, -0.2) is 4.98 Å². The first kappa shape index (κ1) is 33.7. The van der Waals surface area contributed by atoms with E-state index in [4.69, 9.17) is 9.97 Å². The fourth-order valence-electron chi connectivity index (χ4n) is 9.06. The van der Waals surface area contributed by atoms with Crippen LogP contribution in [-0.2, 0) is 0 Å². The lowest BCUT2D eigenvalue weighted by Crippen LogP contribution is -1.92. The molecule has 0 saturated heterocycles. The molecule has 0 bridgehead atoms. The molecule has 2 heterocycles. The monoisotopic (exact) mass is 766 g/mol. The maximum Gasteiger partial charge on any atom is 0.0979 e. The van der Waals surface area contributed by atoms with E-state index in [-0.39, 0.29) is 0 Å². The minimum Gasteiger partial charge on any atom is -0.252 e. The van der Waals surface area contributed by atoms with Gasteiger partial charge in [0.25, 0.3) is 0 Å². The van der Waals surface area contributed by atoms with Gasteiger partial charge in [0, 0.05) is 42.1 Å². The van der Waals surface area contributed by atoms with Gasteiger partial charge in [-0.1, -0.05) is 188 Å². The molecule has 274 valence electrons. The summed E-state index contributed by atoms with van der Waals surface area (Å²) in [5.41, 5.74) is 13.5. The van der Waals surface area contributed by atoms with Crippen molar-refractivity contribution < 1.29 is 0 Å². The Balaban J connectivity index is 0.882. The standard InChI is InChI=1S/C56H34N2S/c1-2-18-42-36(12-1)13-9-24-44(42)49-25-11-27-51-50-26-10-23-43(55(50)59-56(49)51)37-30-28-35(29-31-37)38-14-7-15-39(32-38)40-16-8-17-41(33-40)52-34-57-53-47-21-5-3-19-45(47)46-20-4-6-22-48(46)54(53)58-52/h1-34H. The molecule has 0 atom stereocenters. The van der Waals surface area contributed by atoms with E-state index in [0.29, 0.717) is 0 Å². The summed E-state index contributed by atoms with van der Waals surface area (Å²) in [7, 11) is 0.